The molecule has 36 heavy (non-hydrogen) atoms. The van der Waals surface area contributed by atoms with Gasteiger partial charge < -0.3 is 24.4 Å². The minimum atomic E-state index is -0.306. The van der Waals surface area contributed by atoms with Crippen LogP contribution in [0.3, 0.4) is 0 Å². The lowest BCUT2D eigenvalue weighted by molar-refractivity contribution is -0.119. The monoisotopic (exact) mass is 496 g/mol. The zero-order valence-corrected chi connectivity index (χ0v) is 22.5. The molecule has 7 nitrogen and oxygen atoms in total. The van der Waals surface area contributed by atoms with E-state index in [9.17, 15) is 9.59 Å². The van der Waals surface area contributed by atoms with Crippen molar-refractivity contribution >= 4 is 11.6 Å². The Morgan fingerprint density at radius 2 is 1.67 bits per heavy atom. The number of carbonyl (C=O) groups excluding carboxylic acids is 1. The molecule has 0 aromatic heterocycles. The van der Waals surface area contributed by atoms with E-state index in [0.29, 0.717) is 35.8 Å². The molecule has 3 rings (SSSR count). The van der Waals surface area contributed by atoms with E-state index in [4.69, 9.17) is 14.2 Å². The Morgan fingerprint density at radius 1 is 1.00 bits per heavy atom. The number of aryl methyl sites for hydroxylation is 1. The summed E-state index contributed by atoms with van der Waals surface area (Å²) in [5.41, 5.74) is 4.18. The van der Waals surface area contributed by atoms with E-state index in [2.05, 4.69) is 24.1 Å². The predicted octanol–water partition coefficient (Wildman–Crippen LogP) is 5.27. The van der Waals surface area contributed by atoms with Gasteiger partial charge in [-0.2, -0.15) is 0 Å². The van der Waals surface area contributed by atoms with Crippen LogP contribution in [0.25, 0.3) is 11.1 Å². The van der Waals surface area contributed by atoms with Gasteiger partial charge in [0.25, 0.3) is 0 Å². The molecule has 0 spiro atoms. The molecule has 196 valence electrons. The summed E-state index contributed by atoms with van der Waals surface area (Å²) in [7, 11) is 4.80. The van der Waals surface area contributed by atoms with Gasteiger partial charge in [0.05, 0.1) is 33.1 Å². The molecule has 2 aromatic rings. The van der Waals surface area contributed by atoms with Gasteiger partial charge in [-0.05, 0) is 60.6 Å². The molecular formula is C29H40N2O5. The van der Waals surface area contributed by atoms with Crippen molar-refractivity contribution in [2.45, 2.75) is 65.3 Å². The standard InChI is InChI=1S/C29H40N2O5/c1-7-9-15-31(16-10-8-2)24-14-12-21-22(18-25(24)33)23(30-19(3)32)13-11-20-17-26(34-4)28(35-5)29(36-6)27(20)21/h12,14,17-18,23H,7-11,13,15-16H2,1-6H3,(H,30,32). The zero-order valence-electron chi connectivity index (χ0n) is 22.5. The number of ether oxygens (including phenoxy) is 3. The molecule has 0 radical (unpaired) electrons. The molecule has 0 saturated heterocycles. The van der Waals surface area contributed by atoms with Crippen molar-refractivity contribution < 1.29 is 19.0 Å². The van der Waals surface area contributed by atoms with Crippen LogP contribution in [0.2, 0.25) is 0 Å². The molecule has 1 N–H and O–H groups in total. The Kier molecular flexibility index (Phi) is 9.62. The minimum Gasteiger partial charge on any atom is -0.493 e. The number of anilines is 1. The predicted molar refractivity (Wildman–Crippen MR) is 145 cm³/mol. The first-order valence-electron chi connectivity index (χ1n) is 12.9. The molecule has 2 aromatic carbocycles. The number of unbranched alkanes of at least 4 members (excludes halogenated alkanes) is 2. The van der Waals surface area contributed by atoms with Crippen LogP contribution in [0.15, 0.2) is 29.1 Å². The maximum absolute atomic E-state index is 13.7. The van der Waals surface area contributed by atoms with Crippen molar-refractivity contribution in [3.05, 3.63) is 45.6 Å². The van der Waals surface area contributed by atoms with Gasteiger partial charge in [0.2, 0.25) is 17.1 Å². The number of nitrogens with one attached hydrogen (secondary N) is 1. The Bertz CT molecular complexity index is 1120. The van der Waals surface area contributed by atoms with E-state index in [1.165, 1.54) is 6.92 Å². The van der Waals surface area contributed by atoms with Gasteiger partial charge in [0.1, 0.15) is 0 Å². The third kappa shape index (κ3) is 5.77. The molecular weight excluding hydrogens is 456 g/mol. The van der Waals surface area contributed by atoms with Crippen molar-refractivity contribution in [1.29, 1.82) is 0 Å². The fraction of sp³-hybridized carbons (Fsp3) is 0.517. The normalized spacial score (nSPS) is 14.2. The van der Waals surface area contributed by atoms with Crippen LogP contribution in [-0.2, 0) is 11.2 Å². The van der Waals surface area contributed by atoms with Crippen LogP contribution in [0.4, 0.5) is 5.69 Å². The quantitative estimate of drug-likeness (QED) is 0.457. The van der Waals surface area contributed by atoms with Gasteiger partial charge in [-0.25, -0.2) is 0 Å². The number of fused-ring (bicyclic) bond motifs is 3. The maximum atomic E-state index is 13.7. The first-order valence-corrected chi connectivity index (χ1v) is 12.9. The topological polar surface area (TPSA) is 77.1 Å². The van der Waals surface area contributed by atoms with Gasteiger partial charge in [-0.3, -0.25) is 9.59 Å². The Labute approximate surface area is 214 Å². The van der Waals surface area contributed by atoms with Crippen LogP contribution in [0.1, 0.15) is 70.0 Å². The first kappa shape index (κ1) is 27.4. The summed E-state index contributed by atoms with van der Waals surface area (Å²) in [5.74, 6) is 1.52. The largest absolute Gasteiger partial charge is 0.493 e. The van der Waals surface area contributed by atoms with Crippen molar-refractivity contribution in [2.75, 3.05) is 39.3 Å². The van der Waals surface area contributed by atoms with Crippen LogP contribution >= 0.6 is 0 Å². The second-order valence-electron chi connectivity index (χ2n) is 9.26. The summed E-state index contributed by atoms with van der Waals surface area (Å²) in [6.45, 7) is 7.49. The molecule has 1 amide bonds. The average Bonchev–Trinajstić information content (AvgIpc) is 3.11. The van der Waals surface area contributed by atoms with E-state index in [-0.39, 0.29) is 17.4 Å². The molecule has 0 fully saturated rings. The lowest BCUT2D eigenvalue weighted by Gasteiger charge is -2.23. The lowest BCUT2D eigenvalue weighted by atomic mass is 9.95. The van der Waals surface area contributed by atoms with E-state index in [1.54, 1.807) is 27.4 Å². The highest BCUT2D eigenvalue weighted by Gasteiger charge is 2.29. The summed E-state index contributed by atoms with van der Waals surface area (Å²) in [6, 6.07) is 7.31. The summed E-state index contributed by atoms with van der Waals surface area (Å²) >= 11 is 0. The number of nitrogens with zero attached hydrogens (tertiary/aromatic N) is 1. The third-order valence-corrected chi connectivity index (χ3v) is 6.80. The molecule has 0 bridgehead atoms. The van der Waals surface area contributed by atoms with Gasteiger partial charge in [-0.15, -0.1) is 0 Å². The van der Waals surface area contributed by atoms with Crippen molar-refractivity contribution in [3.63, 3.8) is 0 Å². The first-order chi connectivity index (χ1) is 17.4. The van der Waals surface area contributed by atoms with Crippen LogP contribution in [-0.4, -0.2) is 40.3 Å². The van der Waals surface area contributed by atoms with Crippen LogP contribution in [0.5, 0.6) is 17.2 Å². The number of amides is 1. The second kappa shape index (κ2) is 12.7. The number of hydrogen-bond acceptors (Lipinski definition) is 6. The zero-order chi connectivity index (χ0) is 26.2. The Balaban J connectivity index is 2.32. The summed E-state index contributed by atoms with van der Waals surface area (Å²) in [6.07, 6.45) is 5.47. The van der Waals surface area contributed by atoms with E-state index in [1.807, 2.05) is 18.2 Å². The second-order valence-corrected chi connectivity index (χ2v) is 9.26. The van der Waals surface area contributed by atoms with Gasteiger partial charge >= 0.3 is 0 Å². The van der Waals surface area contributed by atoms with Crippen molar-refractivity contribution in [3.8, 4) is 28.4 Å². The van der Waals surface area contributed by atoms with Crippen molar-refractivity contribution in [2.24, 2.45) is 0 Å². The molecule has 7 heteroatoms. The molecule has 0 saturated carbocycles. The SMILES string of the molecule is CCCCN(CCCC)c1ccc2c(cc1=O)C(NC(C)=O)CCc1cc(OC)c(OC)c(OC)c1-2. The minimum absolute atomic E-state index is 0.0401. The van der Waals surface area contributed by atoms with Gasteiger partial charge in [-0.1, -0.05) is 32.8 Å². The highest BCUT2D eigenvalue weighted by Crippen LogP contribution is 2.50. The number of carbonyl (C=O) groups is 1. The molecule has 0 aliphatic heterocycles. The highest BCUT2D eigenvalue weighted by molar-refractivity contribution is 5.83. The number of benzene rings is 1. The van der Waals surface area contributed by atoms with Crippen LogP contribution < -0.4 is 29.9 Å². The fourth-order valence-electron chi connectivity index (χ4n) is 5.01. The molecule has 1 aliphatic rings. The molecule has 1 aliphatic carbocycles. The maximum Gasteiger partial charge on any atom is 0.217 e. The average molecular weight is 497 g/mol. The summed E-state index contributed by atoms with van der Waals surface area (Å²) in [4.78, 5) is 28.0. The number of hydrogen-bond donors (Lipinski definition) is 1. The number of rotatable bonds is 11. The smallest absolute Gasteiger partial charge is 0.217 e. The van der Waals surface area contributed by atoms with E-state index < -0.39 is 0 Å². The molecule has 1 unspecified atom stereocenters. The fourth-order valence-corrected chi connectivity index (χ4v) is 5.01. The number of methoxy groups -OCH3 is 3. The highest BCUT2D eigenvalue weighted by atomic mass is 16.5. The summed E-state index contributed by atoms with van der Waals surface area (Å²) < 4.78 is 17.1. The van der Waals surface area contributed by atoms with Crippen molar-refractivity contribution in [1.82, 2.24) is 5.32 Å². The Morgan fingerprint density at radius 3 is 2.22 bits per heavy atom. The Hall–Kier alpha value is -3.22. The summed E-state index contributed by atoms with van der Waals surface area (Å²) in [5, 5.41) is 3.07. The van der Waals surface area contributed by atoms with Gasteiger partial charge in [0.15, 0.2) is 11.5 Å². The van der Waals surface area contributed by atoms with Crippen LogP contribution in [0, 0.1) is 0 Å². The lowest BCUT2D eigenvalue weighted by Crippen LogP contribution is -2.30. The van der Waals surface area contributed by atoms with Gasteiger partial charge in [0, 0.05) is 25.6 Å². The molecule has 0 heterocycles. The van der Waals surface area contributed by atoms with E-state index >= 15 is 0 Å². The van der Waals surface area contributed by atoms with E-state index in [0.717, 1.165) is 61.0 Å². The third-order valence-electron chi connectivity index (χ3n) is 6.80. The molecule has 1 atom stereocenters.